The Morgan fingerprint density at radius 2 is 1.15 bits per heavy atom. The summed E-state index contributed by atoms with van der Waals surface area (Å²) in [5.41, 5.74) is 3.67. The molecule has 0 radical (unpaired) electrons. The molecule has 6 rings (SSSR count). The molecule has 0 saturated heterocycles. The third-order valence-corrected chi connectivity index (χ3v) is 6.35. The fourth-order valence-corrected chi connectivity index (χ4v) is 4.78. The number of aromatic nitrogens is 1. The van der Waals surface area contributed by atoms with Crippen LogP contribution < -0.4 is 4.57 Å². The molecule has 0 aliphatic heterocycles. The molecule has 1 aromatic heterocycles. The summed E-state index contributed by atoms with van der Waals surface area (Å²) in [7, 11) is 0. The van der Waals surface area contributed by atoms with Crippen LogP contribution in [0.1, 0.15) is 21.6 Å². The van der Waals surface area contributed by atoms with Crippen LogP contribution in [0, 0.1) is 0 Å². The Hall–Kier alpha value is -4.30. The zero-order valence-corrected chi connectivity index (χ0v) is 18.1. The van der Waals surface area contributed by atoms with Crippen LogP contribution in [0.5, 0.6) is 0 Å². The Morgan fingerprint density at radius 3 is 1.85 bits per heavy atom. The first-order chi connectivity index (χ1) is 16.3. The molecule has 0 fully saturated rings. The van der Waals surface area contributed by atoms with Gasteiger partial charge in [-0.05, 0) is 39.7 Å². The minimum atomic E-state index is 0.0460. The van der Waals surface area contributed by atoms with Gasteiger partial charge in [-0.3, -0.25) is 4.79 Å². The summed E-state index contributed by atoms with van der Waals surface area (Å²) in [5.74, 6) is 0.0460. The maximum absolute atomic E-state index is 14.3. The quantitative estimate of drug-likeness (QED) is 0.175. The first-order valence-corrected chi connectivity index (χ1v) is 11.2. The van der Waals surface area contributed by atoms with Gasteiger partial charge in [-0.2, -0.15) is 4.57 Å². The minimum Gasteiger partial charge on any atom is -0.282 e. The van der Waals surface area contributed by atoms with E-state index in [4.69, 9.17) is 0 Å². The second-order valence-corrected chi connectivity index (χ2v) is 8.37. The van der Waals surface area contributed by atoms with E-state index in [9.17, 15) is 4.79 Å². The molecule has 0 bridgehead atoms. The second-order valence-electron chi connectivity index (χ2n) is 8.37. The van der Waals surface area contributed by atoms with Crippen molar-refractivity contribution in [1.29, 1.82) is 0 Å². The van der Waals surface area contributed by atoms with E-state index < -0.39 is 0 Å². The largest absolute Gasteiger partial charge is 0.282 e. The van der Waals surface area contributed by atoms with Gasteiger partial charge >= 0.3 is 0 Å². The first-order valence-electron chi connectivity index (χ1n) is 11.2. The van der Waals surface area contributed by atoms with E-state index in [1.807, 2.05) is 60.7 Å². The highest BCUT2D eigenvalue weighted by Crippen LogP contribution is 2.30. The van der Waals surface area contributed by atoms with Gasteiger partial charge in [-0.15, -0.1) is 0 Å². The lowest BCUT2D eigenvalue weighted by molar-refractivity contribution is -0.664. The number of hydrogen-bond donors (Lipinski definition) is 0. The topological polar surface area (TPSA) is 20.9 Å². The lowest BCUT2D eigenvalue weighted by atomic mass is 9.92. The third-order valence-electron chi connectivity index (χ3n) is 6.35. The zero-order valence-electron chi connectivity index (χ0n) is 18.1. The molecule has 0 aliphatic carbocycles. The molecule has 0 N–H and O–H groups in total. The molecule has 0 saturated carbocycles. The molecule has 1 heterocycles. The molecule has 5 aromatic carbocycles. The number of hydrogen-bond acceptors (Lipinski definition) is 1. The number of benzene rings is 5. The summed E-state index contributed by atoms with van der Waals surface area (Å²) >= 11 is 0. The lowest BCUT2D eigenvalue weighted by Gasteiger charge is -2.12. The summed E-state index contributed by atoms with van der Waals surface area (Å²) in [6, 6.07) is 41.1. The molecule has 0 aliphatic rings. The van der Waals surface area contributed by atoms with Crippen LogP contribution in [-0.4, -0.2) is 5.78 Å². The molecule has 2 heteroatoms. The van der Waals surface area contributed by atoms with Crippen LogP contribution in [0.25, 0.3) is 32.4 Å². The normalized spacial score (nSPS) is 11.3. The Labute approximate surface area is 192 Å². The second kappa shape index (κ2) is 7.99. The van der Waals surface area contributed by atoms with Crippen molar-refractivity contribution in [1.82, 2.24) is 0 Å². The van der Waals surface area contributed by atoms with E-state index in [0.717, 1.165) is 43.6 Å². The Balaban J connectivity index is 1.64. The number of carbonyl (C=O) groups excluding carboxylic acids is 1. The van der Waals surface area contributed by atoms with Crippen molar-refractivity contribution in [2.75, 3.05) is 0 Å². The molecular formula is C31H22NO+. The van der Waals surface area contributed by atoms with Crippen LogP contribution >= 0.6 is 0 Å². The molecule has 0 amide bonds. The summed E-state index contributed by atoms with van der Waals surface area (Å²) < 4.78 is 2.16. The van der Waals surface area contributed by atoms with Crippen LogP contribution in [0.3, 0.4) is 0 Å². The molecule has 6 aromatic rings. The number of carbonyl (C=O) groups is 1. The van der Waals surface area contributed by atoms with Crippen LogP contribution in [0.2, 0.25) is 0 Å². The van der Waals surface area contributed by atoms with Crippen LogP contribution in [0.4, 0.5) is 0 Å². The average Bonchev–Trinajstić information content (AvgIpc) is 2.87. The van der Waals surface area contributed by atoms with Crippen molar-refractivity contribution in [2.24, 2.45) is 0 Å². The van der Waals surface area contributed by atoms with Gasteiger partial charge in [0, 0.05) is 28.6 Å². The molecule has 0 atom stereocenters. The van der Waals surface area contributed by atoms with Gasteiger partial charge in [-0.1, -0.05) is 91.0 Å². The van der Waals surface area contributed by atoms with Crippen molar-refractivity contribution in [3.8, 4) is 0 Å². The van der Waals surface area contributed by atoms with Crippen molar-refractivity contribution in [3.63, 3.8) is 0 Å². The average molecular weight is 425 g/mol. The molecule has 0 spiro atoms. The highest BCUT2D eigenvalue weighted by Gasteiger charge is 2.26. The van der Waals surface area contributed by atoms with E-state index in [1.54, 1.807) is 0 Å². The van der Waals surface area contributed by atoms with Crippen LogP contribution in [0.15, 0.2) is 121 Å². The van der Waals surface area contributed by atoms with E-state index in [2.05, 4.69) is 65.2 Å². The zero-order chi connectivity index (χ0) is 22.2. The summed E-state index contributed by atoms with van der Waals surface area (Å²) in [6.45, 7) is 0.631. The molecule has 2 nitrogen and oxygen atoms in total. The van der Waals surface area contributed by atoms with Crippen molar-refractivity contribution < 1.29 is 9.36 Å². The van der Waals surface area contributed by atoms with Crippen molar-refractivity contribution >= 4 is 38.2 Å². The minimum absolute atomic E-state index is 0.0460. The maximum atomic E-state index is 14.3. The van der Waals surface area contributed by atoms with Crippen molar-refractivity contribution in [2.45, 2.75) is 6.54 Å². The fraction of sp³-hybridized carbons (Fsp3) is 0.0323. The van der Waals surface area contributed by atoms with E-state index in [0.29, 0.717) is 12.2 Å². The SMILES string of the molecule is O=C(c1c2ccccc2cc2ccccc12)c1ccc2ccccc2[n+]1Cc1ccccc1. The van der Waals surface area contributed by atoms with Crippen LogP contribution in [-0.2, 0) is 6.54 Å². The van der Waals surface area contributed by atoms with Gasteiger partial charge in [0.1, 0.15) is 0 Å². The van der Waals surface area contributed by atoms with E-state index >= 15 is 0 Å². The van der Waals surface area contributed by atoms with Gasteiger partial charge in [0.2, 0.25) is 5.52 Å². The maximum Gasteiger partial charge on any atom is 0.258 e. The predicted molar refractivity (Wildman–Crippen MR) is 135 cm³/mol. The molecule has 0 unspecified atom stereocenters. The number of para-hydroxylation sites is 1. The fourth-order valence-electron chi connectivity index (χ4n) is 4.78. The summed E-state index contributed by atoms with van der Waals surface area (Å²) in [5, 5.41) is 5.25. The Morgan fingerprint density at radius 1 is 0.576 bits per heavy atom. The highest BCUT2D eigenvalue weighted by molar-refractivity contribution is 6.23. The number of ketones is 1. The number of rotatable bonds is 4. The first kappa shape index (κ1) is 19.4. The number of nitrogens with zero attached hydrogens (tertiary/aromatic N) is 1. The van der Waals surface area contributed by atoms with E-state index in [1.165, 1.54) is 0 Å². The van der Waals surface area contributed by atoms with Gasteiger partial charge in [0.15, 0.2) is 6.54 Å². The van der Waals surface area contributed by atoms with Gasteiger partial charge in [0.25, 0.3) is 11.5 Å². The Kier molecular flexibility index (Phi) is 4.70. The van der Waals surface area contributed by atoms with Gasteiger partial charge < -0.3 is 0 Å². The number of fused-ring (bicyclic) bond motifs is 3. The number of pyridine rings is 1. The molecular weight excluding hydrogens is 402 g/mol. The third kappa shape index (κ3) is 3.37. The predicted octanol–water partition coefficient (Wildman–Crippen LogP) is 6.71. The summed E-state index contributed by atoms with van der Waals surface area (Å²) in [6.07, 6.45) is 0. The standard InChI is InChI=1S/C31H22NO/c33-31(30-26-15-7-4-13-24(26)20-25-14-5-8-16-27(25)30)29-19-18-23-12-6-9-17-28(23)32(29)21-22-10-2-1-3-11-22/h1-20H,21H2/q+1. The lowest BCUT2D eigenvalue weighted by Crippen LogP contribution is -2.42. The van der Waals surface area contributed by atoms with Gasteiger partial charge in [-0.25, -0.2) is 0 Å². The highest BCUT2D eigenvalue weighted by atomic mass is 16.1. The molecule has 33 heavy (non-hydrogen) atoms. The van der Waals surface area contributed by atoms with Crippen molar-refractivity contribution in [3.05, 3.63) is 138 Å². The molecule has 156 valence electrons. The van der Waals surface area contributed by atoms with Gasteiger partial charge in [0.05, 0.1) is 0 Å². The van der Waals surface area contributed by atoms with E-state index in [-0.39, 0.29) is 5.78 Å². The Bertz CT molecular complexity index is 1600. The summed E-state index contributed by atoms with van der Waals surface area (Å²) in [4.78, 5) is 14.3. The smallest absolute Gasteiger partial charge is 0.258 e. The monoisotopic (exact) mass is 424 g/mol.